The predicted octanol–water partition coefficient (Wildman–Crippen LogP) is 3.68. The molecule has 238 valence electrons. The standard InChI is InChI=1S/C33H26N10O4S/c1-48(46,47)40-26-16-27-24(15-20(26)17-44)33(45)41(18-36-27)28-9-5-19-14-21(6-7-22(19)28)43-31(23-4-2-11-35-30(23)34)38-25-8-10-29(39-32(25)43)42-13-3-12-37-42/h2-4,6-8,10-18,28,40H,5,9H2,1H3,(H2,34,35)/t28-/m0/s1. The lowest BCUT2D eigenvalue weighted by atomic mass is 10.1. The molecule has 3 N–H and O–H groups in total. The number of pyridine rings is 2. The molecule has 7 aromatic rings. The van der Waals surface area contributed by atoms with E-state index in [1.54, 1.807) is 21.6 Å². The average molecular weight is 659 g/mol. The fourth-order valence-corrected chi connectivity index (χ4v) is 6.90. The van der Waals surface area contributed by atoms with Gasteiger partial charge in [0, 0.05) is 29.8 Å². The van der Waals surface area contributed by atoms with Crippen LogP contribution in [0.25, 0.3) is 45.0 Å². The number of carbonyl (C=O) groups is 1. The number of aldehydes is 1. The van der Waals surface area contributed by atoms with Gasteiger partial charge >= 0.3 is 0 Å². The van der Waals surface area contributed by atoms with Crippen LogP contribution in [0.1, 0.15) is 33.9 Å². The van der Waals surface area contributed by atoms with Crippen LogP contribution in [-0.2, 0) is 16.4 Å². The van der Waals surface area contributed by atoms with Crippen LogP contribution in [0, 0.1) is 0 Å². The quantitative estimate of drug-likeness (QED) is 0.239. The van der Waals surface area contributed by atoms with Crippen molar-refractivity contribution in [1.82, 2.24) is 38.9 Å². The predicted molar refractivity (Wildman–Crippen MR) is 180 cm³/mol. The molecule has 0 fully saturated rings. The van der Waals surface area contributed by atoms with E-state index in [1.807, 2.05) is 53.2 Å². The van der Waals surface area contributed by atoms with Gasteiger partial charge in [-0.2, -0.15) is 5.10 Å². The molecule has 15 heteroatoms. The van der Waals surface area contributed by atoms with E-state index in [9.17, 15) is 18.0 Å². The van der Waals surface area contributed by atoms with E-state index in [-0.39, 0.29) is 33.8 Å². The molecule has 1 atom stereocenters. The van der Waals surface area contributed by atoms with Gasteiger partial charge in [0.05, 0.1) is 40.8 Å². The van der Waals surface area contributed by atoms with Crippen LogP contribution in [0.15, 0.2) is 90.4 Å². The summed E-state index contributed by atoms with van der Waals surface area (Å²) in [6.07, 6.45) is 9.44. The van der Waals surface area contributed by atoms with Crippen LogP contribution in [0.3, 0.4) is 0 Å². The van der Waals surface area contributed by atoms with Gasteiger partial charge in [0.15, 0.2) is 23.6 Å². The minimum absolute atomic E-state index is 0.0444. The van der Waals surface area contributed by atoms with E-state index < -0.39 is 10.0 Å². The van der Waals surface area contributed by atoms with Crippen molar-refractivity contribution in [2.75, 3.05) is 16.7 Å². The average Bonchev–Trinajstić information content (AvgIpc) is 3.83. The van der Waals surface area contributed by atoms with Crippen molar-refractivity contribution in [3.63, 3.8) is 0 Å². The number of nitrogens with two attached hydrogens (primary N) is 1. The molecule has 0 saturated heterocycles. The van der Waals surface area contributed by atoms with Gasteiger partial charge in [-0.05, 0) is 78.6 Å². The number of aryl methyl sites for hydroxylation is 1. The van der Waals surface area contributed by atoms with Crippen LogP contribution in [-0.4, -0.2) is 59.8 Å². The van der Waals surface area contributed by atoms with Crippen LogP contribution >= 0.6 is 0 Å². The maximum absolute atomic E-state index is 13.8. The molecule has 8 rings (SSSR count). The Kier molecular flexibility index (Phi) is 6.66. The number of aromatic nitrogens is 8. The number of nitrogen functional groups attached to an aromatic ring is 1. The lowest BCUT2D eigenvalue weighted by Gasteiger charge is -2.17. The number of rotatable bonds is 7. The lowest BCUT2D eigenvalue weighted by molar-refractivity contribution is 0.112. The van der Waals surface area contributed by atoms with Crippen LogP contribution in [0.4, 0.5) is 11.5 Å². The first-order chi connectivity index (χ1) is 23.2. The number of carbonyl (C=O) groups excluding carboxylic acids is 1. The van der Waals surface area contributed by atoms with Crippen molar-refractivity contribution in [1.29, 1.82) is 0 Å². The normalized spacial score (nSPS) is 14.4. The molecule has 0 aliphatic heterocycles. The molecule has 5 aromatic heterocycles. The third-order valence-corrected chi connectivity index (χ3v) is 9.04. The van der Waals surface area contributed by atoms with Crippen molar-refractivity contribution in [2.24, 2.45) is 0 Å². The molecule has 5 heterocycles. The summed E-state index contributed by atoms with van der Waals surface area (Å²) < 4.78 is 31.2. The summed E-state index contributed by atoms with van der Waals surface area (Å²) in [5, 5.41) is 4.54. The minimum atomic E-state index is -3.65. The number of hydrogen-bond acceptors (Lipinski definition) is 10. The van der Waals surface area contributed by atoms with Gasteiger partial charge in [-0.25, -0.2) is 33.0 Å². The molecular formula is C33H26N10O4S. The summed E-state index contributed by atoms with van der Waals surface area (Å²) in [7, 11) is -3.65. The summed E-state index contributed by atoms with van der Waals surface area (Å²) in [6, 6.07) is 17.7. The molecule has 0 bridgehead atoms. The second kappa shape index (κ2) is 10.9. The largest absolute Gasteiger partial charge is 0.383 e. The van der Waals surface area contributed by atoms with Crippen molar-refractivity contribution in [3.05, 3.63) is 113 Å². The van der Waals surface area contributed by atoms with Crippen molar-refractivity contribution in [2.45, 2.75) is 18.9 Å². The molecule has 1 aliphatic rings. The van der Waals surface area contributed by atoms with Crippen molar-refractivity contribution >= 4 is 49.9 Å². The molecule has 0 saturated carbocycles. The van der Waals surface area contributed by atoms with Gasteiger partial charge in [0.1, 0.15) is 11.3 Å². The number of anilines is 2. The Morgan fingerprint density at radius 1 is 1.00 bits per heavy atom. The minimum Gasteiger partial charge on any atom is -0.383 e. The third-order valence-electron chi connectivity index (χ3n) is 8.45. The first-order valence-corrected chi connectivity index (χ1v) is 16.8. The smallest absolute Gasteiger partial charge is 0.261 e. The van der Waals surface area contributed by atoms with Gasteiger partial charge in [0.2, 0.25) is 10.0 Å². The number of nitrogens with one attached hydrogen (secondary N) is 1. The van der Waals surface area contributed by atoms with Crippen molar-refractivity contribution < 1.29 is 13.2 Å². The third kappa shape index (κ3) is 4.87. The first-order valence-electron chi connectivity index (χ1n) is 14.9. The highest BCUT2D eigenvalue weighted by Gasteiger charge is 2.27. The Morgan fingerprint density at radius 2 is 1.88 bits per heavy atom. The van der Waals surface area contributed by atoms with E-state index in [4.69, 9.17) is 15.7 Å². The molecule has 0 unspecified atom stereocenters. The Labute approximate surface area is 272 Å². The fourth-order valence-electron chi connectivity index (χ4n) is 6.33. The van der Waals surface area contributed by atoms with Crippen molar-refractivity contribution in [3.8, 4) is 22.9 Å². The van der Waals surface area contributed by atoms with E-state index >= 15 is 0 Å². The molecular weight excluding hydrogens is 632 g/mol. The zero-order valence-corrected chi connectivity index (χ0v) is 26.2. The van der Waals surface area contributed by atoms with Crippen LogP contribution in [0.5, 0.6) is 0 Å². The number of imidazole rings is 1. The monoisotopic (exact) mass is 658 g/mol. The zero-order valence-electron chi connectivity index (χ0n) is 25.3. The summed E-state index contributed by atoms with van der Waals surface area (Å²) in [5.41, 5.74) is 11.1. The zero-order chi connectivity index (χ0) is 33.2. The van der Waals surface area contributed by atoms with Gasteiger partial charge in [-0.15, -0.1) is 0 Å². The topological polar surface area (TPSA) is 186 Å². The van der Waals surface area contributed by atoms with Gasteiger partial charge in [-0.3, -0.25) is 23.4 Å². The second-order valence-corrected chi connectivity index (χ2v) is 13.3. The molecule has 1 aliphatic carbocycles. The van der Waals surface area contributed by atoms with E-state index in [0.717, 1.165) is 23.1 Å². The van der Waals surface area contributed by atoms with Gasteiger partial charge in [0.25, 0.3) is 5.56 Å². The summed E-state index contributed by atoms with van der Waals surface area (Å²) >= 11 is 0. The summed E-state index contributed by atoms with van der Waals surface area (Å²) in [4.78, 5) is 44.2. The SMILES string of the molecule is CS(=O)(=O)Nc1cc2ncn([C@H]3CCc4cc(-n5c(-c6cccnc6N)nc6ccc(-n7cccn7)nc65)ccc43)c(=O)c2cc1C=O. The molecule has 48 heavy (non-hydrogen) atoms. The molecule has 0 spiro atoms. The lowest BCUT2D eigenvalue weighted by Crippen LogP contribution is -2.25. The van der Waals surface area contributed by atoms with E-state index in [1.165, 1.54) is 18.5 Å². The van der Waals surface area contributed by atoms with Gasteiger partial charge in [-0.1, -0.05) is 6.07 Å². The Morgan fingerprint density at radius 3 is 2.65 bits per heavy atom. The Hall–Kier alpha value is -6.22. The maximum Gasteiger partial charge on any atom is 0.261 e. The number of fused-ring (bicyclic) bond motifs is 3. The van der Waals surface area contributed by atoms with Crippen LogP contribution in [0.2, 0.25) is 0 Å². The molecule has 0 radical (unpaired) electrons. The van der Waals surface area contributed by atoms with Crippen LogP contribution < -0.4 is 16.0 Å². The van der Waals surface area contributed by atoms with Gasteiger partial charge < -0.3 is 5.73 Å². The van der Waals surface area contributed by atoms with E-state index in [2.05, 4.69) is 25.9 Å². The highest BCUT2D eigenvalue weighted by atomic mass is 32.2. The number of hydrogen-bond donors (Lipinski definition) is 2. The highest BCUT2D eigenvalue weighted by Crippen LogP contribution is 2.37. The molecule has 0 amide bonds. The first kappa shape index (κ1) is 29.2. The molecule has 14 nitrogen and oxygen atoms in total. The summed E-state index contributed by atoms with van der Waals surface area (Å²) in [6.45, 7) is 0. The molecule has 2 aromatic carbocycles. The Bertz CT molecular complexity index is 2590. The Balaban J connectivity index is 1.24. The fraction of sp³-hybridized carbons (Fsp3) is 0.121. The van der Waals surface area contributed by atoms with E-state index in [0.29, 0.717) is 53.3 Å². The number of nitrogens with zero attached hydrogens (tertiary/aromatic N) is 8. The number of benzene rings is 2. The maximum atomic E-state index is 13.8. The second-order valence-electron chi connectivity index (χ2n) is 11.5. The number of sulfonamides is 1. The summed E-state index contributed by atoms with van der Waals surface area (Å²) in [5.74, 6) is 1.55. The highest BCUT2D eigenvalue weighted by molar-refractivity contribution is 7.92.